The number of Topliss-reactive ketones (excluding diaryl/α,β-unsaturated/α-hetero) is 1. The number of rotatable bonds is 7. The molecule has 2 N–H and O–H groups in total. The topological polar surface area (TPSA) is 101 Å². The van der Waals surface area contributed by atoms with Crippen molar-refractivity contribution in [1.82, 2.24) is 4.90 Å². The molecule has 3 aromatic carbocycles. The van der Waals surface area contributed by atoms with Gasteiger partial charge >= 0.3 is 6.09 Å². The number of phenols is 1. The predicted octanol–water partition coefficient (Wildman–Crippen LogP) is 6.71. The van der Waals surface area contributed by atoms with Gasteiger partial charge in [-0.3, -0.25) is 14.6 Å². The van der Waals surface area contributed by atoms with Crippen LogP contribution in [0.5, 0.6) is 11.5 Å². The van der Waals surface area contributed by atoms with Crippen molar-refractivity contribution in [1.29, 1.82) is 0 Å². The van der Waals surface area contributed by atoms with Crippen LogP contribution in [-0.4, -0.2) is 61.3 Å². The summed E-state index contributed by atoms with van der Waals surface area (Å²) in [7, 11) is 0. The van der Waals surface area contributed by atoms with Gasteiger partial charge in [-0.2, -0.15) is 0 Å². The minimum absolute atomic E-state index is 0.0438. The molecule has 1 fully saturated rings. The molecule has 1 saturated heterocycles. The molecule has 6 rings (SSSR count). The van der Waals surface area contributed by atoms with Gasteiger partial charge in [-0.15, -0.1) is 0 Å². The van der Waals surface area contributed by atoms with Crippen molar-refractivity contribution in [3.63, 3.8) is 0 Å². The standard InChI is InChI=1S/C35H38ClN3O6/c1-35(2)20-27-31(30(41)21-35)33(25-12-11-24(19-26(25)36)45-22-23-7-4-3-5-8-23)39(28-9-6-10-29(40)32(28)37-27)34(42)44-18-15-38-13-16-43-17-14-38/h3-12,19,33,37,40H,13-18,20-22H2,1-2H3. The van der Waals surface area contributed by atoms with E-state index in [0.29, 0.717) is 78.2 Å². The molecular formula is C35H38ClN3O6. The Morgan fingerprint density at radius 3 is 2.60 bits per heavy atom. The molecule has 9 nitrogen and oxygen atoms in total. The van der Waals surface area contributed by atoms with E-state index >= 15 is 0 Å². The molecule has 1 aliphatic carbocycles. The molecule has 236 valence electrons. The molecule has 2 aliphatic heterocycles. The van der Waals surface area contributed by atoms with Gasteiger partial charge in [0.2, 0.25) is 0 Å². The van der Waals surface area contributed by atoms with Crippen molar-refractivity contribution in [3.8, 4) is 11.5 Å². The number of phenolic OH excluding ortho intramolecular Hbond substituents is 1. The van der Waals surface area contributed by atoms with E-state index in [1.165, 1.54) is 4.90 Å². The Morgan fingerprint density at radius 2 is 1.84 bits per heavy atom. The summed E-state index contributed by atoms with van der Waals surface area (Å²) in [4.78, 5) is 31.8. The maximum atomic E-state index is 14.1. The fraction of sp³-hybridized carbons (Fsp3) is 0.371. The molecule has 10 heteroatoms. The number of carbonyl (C=O) groups is 2. The predicted molar refractivity (Wildman–Crippen MR) is 173 cm³/mol. The minimum Gasteiger partial charge on any atom is -0.506 e. The molecule has 1 atom stereocenters. The number of morpholine rings is 1. The van der Waals surface area contributed by atoms with Crippen LogP contribution < -0.4 is 15.0 Å². The normalized spacial score (nSPS) is 19.7. The fourth-order valence-corrected chi connectivity index (χ4v) is 6.53. The lowest BCUT2D eigenvalue weighted by atomic mass is 9.73. The van der Waals surface area contributed by atoms with Crippen LogP contribution in [0.3, 0.4) is 0 Å². The zero-order valence-electron chi connectivity index (χ0n) is 25.6. The highest BCUT2D eigenvalue weighted by Crippen LogP contribution is 2.51. The van der Waals surface area contributed by atoms with Crippen LogP contribution in [0.15, 0.2) is 78.0 Å². The number of hydrogen-bond donors (Lipinski definition) is 2. The molecule has 0 spiro atoms. The van der Waals surface area contributed by atoms with Crippen molar-refractivity contribution in [3.05, 3.63) is 94.1 Å². The molecule has 0 saturated carbocycles. The summed E-state index contributed by atoms with van der Waals surface area (Å²) in [5, 5.41) is 14.7. The van der Waals surface area contributed by atoms with Crippen LogP contribution in [0.1, 0.15) is 43.9 Å². The number of carbonyl (C=O) groups excluding carboxylic acids is 2. The molecular weight excluding hydrogens is 594 g/mol. The maximum absolute atomic E-state index is 14.1. The Bertz CT molecular complexity index is 1600. The summed E-state index contributed by atoms with van der Waals surface area (Å²) < 4.78 is 17.3. The molecule has 0 aromatic heterocycles. The van der Waals surface area contributed by atoms with Crippen LogP contribution in [0.25, 0.3) is 0 Å². The van der Waals surface area contributed by atoms with Gasteiger partial charge in [0, 0.05) is 42.3 Å². The van der Waals surface area contributed by atoms with E-state index in [1.54, 1.807) is 36.4 Å². The Balaban J connectivity index is 1.40. The first kappa shape index (κ1) is 31.0. The van der Waals surface area contributed by atoms with Gasteiger partial charge in [0.25, 0.3) is 0 Å². The molecule has 1 amide bonds. The zero-order valence-corrected chi connectivity index (χ0v) is 26.3. The third-order valence-corrected chi connectivity index (χ3v) is 8.78. The van der Waals surface area contributed by atoms with Gasteiger partial charge in [-0.1, -0.05) is 67.9 Å². The minimum atomic E-state index is -0.911. The highest BCUT2D eigenvalue weighted by Gasteiger charge is 2.45. The second-order valence-corrected chi connectivity index (χ2v) is 12.8. The second-order valence-electron chi connectivity index (χ2n) is 12.4. The van der Waals surface area contributed by atoms with E-state index < -0.39 is 12.1 Å². The lowest BCUT2D eigenvalue weighted by Gasteiger charge is -2.37. The average Bonchev–Trinajstić information content (AvgIpc) is 3.16. The van der Waals surface area contributed by atoms with E-state index in [4.69, 9.17) is 25.8 Å². The summed E-state index contributed by atoms with van der Waals surface area (Å²) in [6.07, 6.45) is 0.185. The number of nitrogens with one attached hydrogen (secondary N) is 1. The highest BCUT2D eigenvalue weighted by molar-refractivity contribution is 6.31. The number of benzene rings is 3. The number of anilines is 2. The van der Waals surface area contributed by atoms with Crippen molar-refractivity contribution < 1.29 is 28.9 Å². The number of ether oxygens (including phenoxy) is 3. The molecule has 45 heavy (non-hydrogen) atoms. The fourth-order valence-electron chi connectivity index (χ4n) is 6.25. The number of nitrogens with zero attached hydrogens (tertiary/aromatic N) is 2. The van der Waals surface area contributed by atoms with Gasteiger partial charge in [0.05, 0.1) is 24.9 Å². The summed E-state index contributed by atoms with van der Waals surface area (Å²) >= 11 is 6.99. The second kappa shape index (κ2) is 13.1. The average molecular weight is 632 g/mol. The molecule has 0 bridgehead atoms. The Morgan fingerprint density at radius 1 is 1.07 bits per heavy atom. The van der Waals surface area contributed by atoms with E-state index in [1.807, 2.05) is 44.2 Å². The monoisotopic (exact) mass is 631 g/mol. The third kappa shape index (κ3) is 6.81. The van der Waals surface area contributed by atoms with Crippen LogP contribution in [0.4, 0.5) is 16.2 Å². The summed E-state index contributed by atoms with van der Waals surface area (Å²) in [6, 6.07) is 19.2. The molecule has 1 unspecified atom stereocenters. The van der Waals surface area contributed by atoms with Crippen LogP contribution in [0, 0.1) is 5.41 Å². The van der Waals surface area contributed by atoms with Crippen molar-refractivity contribution in [2.45, 2.75) is 39.3 Å². The van der Waals surface area contributed by atoms with Gasteiger partial charge in [0.1, 0.15) is 30.4 Å². The van der Waals surface area contributed by atoms with E-state index in [2.05, 4.69) is 10.2 Å². The largest absolute Gasteiger partial charge is 0.506 e. The molecule has 3 aliphatic rings. The number of fused-ring (bicyclic) bond motifs is 1. The van der Waals surface area contributed by atoms with Crippen molar-refractivity contribution in [2.24, 2.45) is 5.41 Å². The van der Waals surface area contributed by atoms with Gasteiger partial charge in [-0.05, 0) is 47.2 Å². The maximum Gasteiger partial charge on any atom is 0.415 e. The number of halogens is 1. The van der Waals surface area contributed by atoms with E-state index in [-0.39, 0.29) is 23.6 Å². The lowest BCUT2D eigenvalue weighted by molar-refractivity contribution is -0.118. The van der Waals surface area contributed by atoms with Crippen LogP contribution >= 0.6 is 11.6 Å². The highest BCUT2D eigenvalue weighted by atomic mass is 35.5. The summed E-state index contributed by atoms with van der Waals surface area (Å²) in [5.41, 5.74) is 3.03. The zero-order chi connectivity index (χ0) is 31.6. The Hall–Kier alpha value is -4.05. The number of amides is 1. The van der Waals surface area contributed by atoms with Crippen molar-refractivity contribution in [2.75, 3.05) is 49.7 Å². The molecule has 0 radical (unpaired) electrons. The van der Waals surface area contributed by atoms with Gasteiger partial charge < -0.3 is 24.6 Å². The van der Waals surface area contributed by atoms with Gasteiger partial charge in [0.15, 0.2) is 5.78 Å². The SMILES string of the molecule is CC1(C)CC(=O)C2=C(C1)Nc1c(O)cccc1N(C(=O)OCCN1CCOCC1)C2c1ccc(OCc2ccccc2)cc1Cl. The van der Waals surface area contributed by atoms with E-state index in [9.17, 15) is 14.7 Å². The van der Waals surface area contributed by atoms with Crippen LogP contribution in [0.2, 0.25) is 5.02 Å². The Labute approximate surface area is 268 Å². The smallest absolute Gasteiger partial charge is 0.415 e. The molecule has 2 heterocycles. The first-order valence-electron chi connectivity index (χ1n) is 15.3. The van der Waals surface area contributed by atoms with Crippen LogP contribution in [-0.2, 0) is 20.9 Å². The van der Waals surface area contributed by atoms with E-state index in [0.717, 1.165) is 18.7 Å². The summed E-state index contributed by atoms with van der Waals surface area (Å²) in [6.45, 7) is 7.93. The molecule has 3 aromatic rings. The van der Waals surface area contributed by atoms with Gasteiger partial charge in [-0.25, -0.2) is 4.79 Å². The number of allylic oxidation sites excluding steroid dienone is 1. The quantitative estimate of drug-likeness (QED) is 0.278. The first-order valence-corrected chi connectivity index (χ1v) is 15.7. The third-order valence-electron chi connectivity index (χ3n) is 8.46. The number of ketones is 1. The number of para-hydroxylation sites is 1. The number of hydrogen-bond acceptors (Lipinski definition) is 8. The Kier molecular flexibility index (Phi) is 9.03. The number of aromatic hydroxyl groups is 1. The summed E-state index contributed by atoms with van der Waals surface area (Å²) in [5.74, 6) is 0.415. The first-order chi connectivity index (χ1) is 21.7. The lowest BCUT2D eigenvalue weighted by Crippen LogP contribution is -2.42. The van der Waals surface area contributed by atoms with Crippen molar-refractivity contribution >= 4 is 34.9 Å².